The molecule has 5 rings (SSSR count). The number of fused-ring (bicyclic) bond motifs is 1. The van der Waals surface area contributed by atoms with Crippen LogP contribution in [-0.2, 0) is 19.5 Å². The first-order valence-electron chi connectivity index (χ1n) is 13.0. The highest BCUT2D eigenvalue weighted by Crippen LogP contribution is 2.30. The van der Waals surface area contributed by atoms with E-state index in [1.54, 1.807) is 21.3 Å². The highest BCUT2D eigenvalue weighted by Gasteiger charge is 2.23. The Morgan fingerprint density at radius 3 is 2.55 bits per heavy atom. The Hall–Kier alpha value is -3.92. The van der Waals surface area contributed by atoms with E-state index in [0.29, 0.717) is 42.7 Å². The first-order valence-corrected chi connectivity index (χ1v) is 13.0. The minimum absolute atomic E-state index is 0.103. The Labute approximate surface area is 221 Å². The molecule has 2 aromatic carbocycles. The maximum atomic E-state index is 13.0. The minimum Gasteiger partial charge on any atom is -0.497 e. The Kier molecular flexibility index (Phi) is 7.88. The number of tetrazole rings is 1. The third kappa shape index (κ3) is 5.65. The van der Waals surface area contributed by atoms with Gasteiger partial charge in [-0.2, -0.15) is 0 Å². The van der Waals surface area contributed by atoms with Gasteiger partial charge in [-0.05, 0) is 71.7 Å². The first kappa shape index (κ1) is 25.7. The fraction of sp³-hybridized carbons (Fsp3) is 0.429. The van der Waals surface area contributed by atoms with Crippen LogP contribution < -0.4 is 19.8 Å². The van der Waals surface area contributed by atoms with Crippen molar-refractivity contribution in [2.45, 2.75) is 51.2 Å². The molecule has 0 radical (unpaired) electrons. The molecule has 38 heavy (non-hydrogen) atoms. The molecular formula is C28H34N6O4. The number of hydrogen-bond donors (Lipinski definition) is 1. The van der Waals surface area contributed by atoms with Gasteiger partial charge in [0.1, 0.15) is 5.75 Å². The van der Waals surface area contributed by atoms with Crippen molar-refractivity contribution in [2.75, 3.05) is 27.9 Å². The Balaban J connectivity index is 1.42. The lowest BCUT2D eigenvalue weighted by Gasteiger charge is -2.23. The van der Waals surface area contributed by atoms with Crippen LogP contribution in [0.15, 0.2) is 47.3 Å². The summed E-state index contributed by atoms with van der Waals surface area (Å²) in [7, 11) is 4.90. The van der Waals surface area contributed by atoms with Crippen LogP contribution in [0.4, 0.5) is 0 Å². The van der Waals surface area contributed by atoms with Gasteiger partial charge < -0.3 is 19.2 Å². The van der Waals surface area contributed by atoms with E-state index in [0.717, 1.165) is 47.3 Å². The lowest BCUT2D eigenvalue weighted by Crippen LogP contribution is -2.30. The number of nitrogens with zero attached hydrogens (tertiary/aromatic N) is 5. The van der Waals surface area contributed by atoms with Crippen LogP contribution in [0.2, 0.25) is 0 Å². The van der Waals surface area contributed by atoms with Gasteiger partial charge in [0.05, 0.1) is 33.9 Å². The standard InChI is InChI=1S/C28H34N6O4/c1-36-23-9-10-24-20(16-23)15-21(28(35)29-24)17-33(13-12-19-8-11-25(37-2)26(14-19)38-3)18-27-30-31-32-34(27)22-6-4-5-7-22/h8-11,14-16,22H,4-7,12-13,17-18H2,1-3H3,(H,29,35). The zero-order valence-corrected chi connectivity index (χ0v) is 22.1. The maximum Gasteiger partial charge on any atom is 0.252 e. The summed E-state index contributed by atoms with van der Waals surface area (Å²) in [6.45, 7) is 1.68. The fourth-order valence-corrected chi connectivity index (χ4v) is 5.20. The number of nitrogens with one attached hydrogen (secondary N) is 1. The van der Waals surface area contributed by atoms with Crippen molar-refractivity contribution in [3.05, 3.63) is 69.8 Å². The molecule has 1 saturated carbocycles. The molecule has 0 saturated heterocycles. The van der Waals surface area contributed by atoms with Crippen molar-refractivity contribution in [1.82, 2.24) is 30.1 Å². The summed E-state index contributed by atoms with van der Waals surface area (Å²) in [6, 6.07) is 13.9. The van der Waals surface area contributed by atoms with Gasteiger partial charge in [-0.25, -0.2) is 4.68 Å². The van der Waals surface area contributed by atoms with E-state index in [2.05, 4.69) is 25.4 Å². The number of hydrogen-bond acceptors (Lipinski definition) is 8. The van der Waals surface area contributed by atoms with Gasteiger partial charge in [0.2, 0.25) is 0 Å². The van der Waals surface area contributed by atoms with Crippen LogP contribution in [0.5, 0.6) is 17.2 Å². The molecule has 0 bridgehead atoms. The summed E-state index contributed by atoms with van der Waals surface area (Å²) in [5, 5.41) is 13.6. The molecule has 2 aromatic heterocycles. The zero-order chi connectivity index (χ0) is 26.5. The van der Waals surface area contributed by atoms with Crippen molar-refractivity contribution in [3.63, 3.8) is 0 Å². The molecule has 200 valence electrons. The number of ether oxygens (including phenoxy) is 3. The third-order valence-electron chi connectivity index (χ3n) is 7.28. The second-order valence-corrected chi connectivity index (χ2v) is 9.70. The number of rotatable bonds is 11. The van der Waals surface area contributed by atoms with Gasteiger partial charge in [-0.15, -0.1) is 5.10 Å². The summed E-state index contributed by atoms with van der Waals surface area (Å²) in [5.41, 5.74) is 2.47. The number of H-pyrrole nitrogens is 1. The predicted molar refractivity (Wildman–Crippen MR) is 144 cm³/mol. The molecule has 10 heteroatoms. The van der Waals surface area contributed by atoms with Crippen LogP contribution >= 0.6 is 0 Å². The van der Waals surface area contributed by atoms with E-state index in [1.165, 1.54) is 12.8 Å². The summed E-state index contributed by atoms with van der Waals surface area (Å²) in [4.78, 5) is 18.3. The monoisotopic (exact) mass is 518 g/mol. The second-order valence-electron chi connectivity index (χ2n) is 9.70. The smallest absolute Gasteiger partial charge is 0.252 e. The number of methoxy groups -OCH3 is 3. The Morgan fingerprint density at radius 2 is 1.79 bits per heavy atom. The molecule has 0 spiro atoms. The van der Waals surface area contributed by atoms with Crippen molar-refractivity contribution >= 4 is 10.9 Å². The van der Waals surface area contributed by atoms with Gasteiger partial charge in [0, 0.05) is 29.6 Å². The Morgan fingerprint density at radius 1 is 0.974 bits per heavy atom. The first-order chi connectivity index (χ1) is 18.6. The van der Waals surface area contributed by atoms with Gasteiger partial charge in [-0.3, -0.25) is 9.69 Å². The molecule has 1 N–H and O–H groups in total. The van der Waals surface area contributed by atoms with Crippen molar-refractivity contribution in [3.8, 4) is 17.2 Å². The predicted octanol–water partition coefficient (Wildman–Crippen LogP) is 3.90. The molecule has 0 aliphatic heterocycles. The quantitative estimate of drug-likeness (QED) is 0.319. The average Bonchev–Trinajstić information content (AvgIpc) is 3.64. The molecular weight excluding hydrogens is 484 g/mol. The van der Waals surface area contributed by atoms with Crippen LogP contribution in [-0.4, -0.2) is 58.0 Å². The summed E-state index contributed by atoms with van der Waals surface area (Å²) in [6.07, 6.45) is 5.34. The topological polar surface area (TPSA) is 107 Å². The number of aromatic amines is 1. The maximum absolute atomic E-state index is 13.0. The lowest BCUT2D eigenvalue weighted by molar-refractivity contribution is 0.243. The van der Waals surface area contributed by atoms with E-state index >= 15 is 0 Å². The van der Waals surface area contributed by atoms with Crippen LogP contribution in [0, 0.1) is 0 Å². The Bertz CT molecular complexity index is 1440. The van der Waals surface area contributed by atoms with Crippen molar-refractivity contribution in [2.24, 2.45) is 0 Å². The molecule has 1 aliphatic carbocycles. The number of pyridine rings is 1. The lowest BCUT2D eigenvalue weighted by atomic mass is 10.1. The van der Waals surface area contributed by atoms with Gasteiger partial charge in [0.25, 0.3) is 5.56 Å². The number of aromatic nitrogens is 5. The molecule has 2 heterocycles. The van der Waals surface area contributed by atoms with E-state index in [4.69, 9.17) is 14.2 Å². The largest absolute Gasteiger partial charge is 0.497 e. The second kappa shape index (κ2) is 11.6. The summed E-state index contributed by atoms with van der Waals surface area (Å²) < 4.78 is 18.2. The van der Waals surface area contributed by atoms with Crippen LogP contribution in [0.25, 0.3) is 10.9 Å². The molecule has 0 atom stereocenters. The zero-order valence-electron chi connectivity index (χ0n) is 22.1. The summed E-state index contributed by atoms with van der Waals surface area (Å²) in [5.74, 6) is 2.96. The average molecular weight is 519 g/mol. The fourth-order valence-electron chi connectivity index (χ4n) is 5.20. The SMILES string of the molecule is COc1ccc2[nH]c(=O)c(CN(CCc3ccc(OC)c(OC)c3)Cc3nnnn3C3CCCC3)cc2c1. The van der Waals surface area contributed by atoms with E-state index in [1.807, 2.05) is 47.1 Å². The summed E-state index contributed by atoms with van der Waals surface area (Å²) >= 11 is 0. The molecule has 1 fully saturated rings. The van der Waals surface area contributed by atoms with Gasteiger partial charge in [0.15, 0.2) is 17.3 Å². The van der Waals surface area contributed by atoms with Gasteiger partial charge in [-0.1, -0.05) is 18.9 Å². The highest BCUT2D eigenvalue weighted by molar-refractivity contribution is 5.80. The molecule has 0 amide bonds. The molecule has 10 nitrogen and oxygen atoms in total. The van der Waals surface area contributed by atoms with Crippen molar-refractivity contribution < 1.29 is 14.2 Å². The normalized spacial score (nSPS) is 13.9. The van der Waals surface area contributed by atoms with Crippen molar-refractivity contribution in [1.29, 1.82) is 0 Å². The van der Waals surface area contributed by atoms with E-state index in [9.17, 15) is 4.79 Å². The molecule has 0 unspecified atom stereocenters. The van der Waals surface area contributed by atoms with E-state index in [-0.39, 0.29) is 5.56 Å². The van der Waals surface area contributed by atoms with Gasteiger partial charge >= 0.3 is 0 Å². The van der Waals surface area contributed by atoms with Crippen LogP contribution in [0.1, 0.15) is 48.7 Å². The highest BCUT2D eigenvalue weighted by atomic mass is 16.5. The third-order valence-corrected chi connectivity index (χ3v) is 7.28. The van der Waals surface area contributed by atoms with Crippen LogP contribution in [0.3, 0.4) is 0 Å². The molecule has 4 aromatic rings. The molecule has 1 aliphatic rings. The number of benzene rings is 2. The minimum atomic E-state index is -0.103. The van der Waals surface area contributed by atoms with E-state index < -0.39 is 0 Å².